The van der Waals surface area contributed by atoms with Crippen molar-refractivity contribution in [3.05, 3.63) is 53.2 Å². The number of amides is 1. The third-order valence-corrected chi connectivity index (χ3v) is 5.72. The summed E-state index contributed by atoms with van der Waals surface area (Å²) in [6.45, 7) is 2.22. The number of para-hydroxylation sites is 1. The molecule has 2 aromatic heterocycles. The van der Waals surface area contributed by atoms with Crippen LogP contribution in [0, 0.1) is 12.9 Å². The van der Waals surface area contributed by atoms with Gasteiger partial charge >= 0.3 is 0 Å². The number of fused-ring (bicyclic) bond motifs is 2. The Bertz CT molecular complexity index is 1110. The largest absolute Gasteiger partial charge is 0.397 e. The van der Waals surface area contributed by atoms with Gasteiger partial charge in [0.15, 0.2) is 0 Å². The lowest BCUT2D eigenvalue weighted by Gasteiger charge is -2.34. The van der Waals surface area contributed by atoms with Crippen LogP contribution in [0.2, 0.25) is 0 Å². The summed E-state index contributed by atoms with van der Waals surface area (Å²) in [6.07, 6.45) is 3.22. The molecular formula is C21H19FN4O. The number of pyridine rings is 2. The molecule has 1 aliphatic heterocycles. The standard InChI is InChI=1S/C21H19FN4O/c1-11-8-9-14(20(22)24-11)13-6-3-7-15-18(23)17-16(25-19(13)15)10-26(21(17)27)12-4-2-5-12/h3,6-9,12H,2,4-5,10H2,1H3,(H2,23,25). The molecule has 1 amide bonds. The minimum Gasteiger partial charge on any atom is -0.397 e. The van der Waals surface area contributed by atoms with Gasteiger partial charge in [0.25, 0.3) is 5.91 Å². The summed E-state index contributed by atoms with van der Waals surface area (Å²) in [5.74, 6) is -0.564. The van der Waals surface area contributed by atoms with Gasteiger partial charge in [-0.2, -0.15) is 4.39 Å². The lowest BCUT2D eigenvalue weighted by molar-refractivity contribution is 0.0606. The minimum atomic E-state index is -0.532. The van der Waals surface area contributed by atoms with Gasteiger partial charge in [-0.05, 0) is 38.3 Å². The number of carbonyl (C=O) groups excluding carboxylic acids is 1. The first-order chi connectivity index (χ1) is 13.0. The van der Waals surface area contributed by atoms with Crippen LogP contribution in [-0.2, 0) is 6.54 Å². The number of benzene rings is 1. The van der Waals surface area contributed by atoms with Crippen molar-refractivity contribution in [2.24, 2.45) is 0 Å². The molecule has 1 fully saturated rings. The molecule has 3 aromatic rings. The molecule has 1 aromatic carbocycles. The van der Waals surface area contributed by atoms with Crippen molar-refractivity contribution in [2.75, 3.05) is 5.73 Å². The second-order valence-corrected chi connectivity index (χ2v) is 7.36. The van der Waals surface area contributed by atoms with Crippen molar-refractivity contribution in [3.63, 3.8) is 0 Å². The summed E-state index contributed by atoms with van der Waals surface area (Å²) in [7, 11) is 0. The van der Waals surface area contributed by atoms with Gasteiger partial charge in [0.2, 0.25) is 5.95 Å². The summed E-state index contributed by atoms with van der Waals surface area (Å²) < 4.78 is 14.5. The molecule has 6 heteroatoms. The predicted octanol–water partition coefficient (Wildman–Crippen LogP) is 3.83. The van der Waals surface area contributed by atoms with E-state index in [0.29, 0.717) is 51.2 Å². The highest BCUT2D eigenvalue weighted by Gasteiger charge is 2.38. The van der Waals surface area contributed by atoms with Crippen LogP contribution in [0.5, 0.6) is 0 Å². The maximum Gasteiger partial charge on any atom is 0.258 e. The van der Waals surface area contributed by atoms with E-state index in [2.05, 4.69) is 4.98 Å². The SMILES string of the molecule is Cc1ccc(-c2cccc3c(N)c4c(nc23)CN(C2CCC2)C4=O)c(F)n1. The molecule has 0 bridgehead atoms. The number of halogens is 1. The van der Waals surface area contributed by atoms with E-state index in [4.69, 9.17) is 10.7 Å². The quantitative estimate of drug-likeness (QED) is 0.703. The van der Waals surface area contributed by atoms with Crippen molar-refractivity contribution >= 4 is 22.5 Å². The molecule has 0 spiro atoms. The van der Waals surface area contributed by atoms with Gasteiger partial charge in [0, 0.05) is 28.2 Å². The fourth-order valence-electron chi connectivity index (χ4n) is 4.03. The zero-order valence-corrected chi connectivity index (χ0v) is 15.0. The van der Waals surface area contributed by atoms with Gasteiger partial charge in [0.05, 0.1) is 29.0 Å². The highest BCUT2D eigenvalue weighted by atomic mass is 19.1. The maximum atomic E-state index is 14.5. The molecule has 0 atom stereocenters. The van der Waals surface area contributed by atoms with Crippen molar-refractivity contribution in [1.29, 1.82) is 0 Å². The molecule has 27 heavy (non-hydrogen) atoms. The summed E-state index contributed by atoms with van der Waals surface area (Å²) >= 11 is 0. The molecule has 0 unspecified atom stereocenters. The molecule has 5 nitrogen and oxygen atoms in total. The molecule has 136 valence electrons. The highest BCUT2D eigenvalue weighted by molar-refractivity contribution is 6.11. The molecule has 2 aliphatic rings. The molecule has 0 saturated heterocycles. The fraction of sp³-hybridized carbons (Fsp3) is 0.286. The normalized spacial score (nSPS) is 16.7. The topological polar surface area (TPSA) is 72.1 Å². The van der Waals surface area contributed by atoms with Gasteiger partial charge in [-0.1, -0.05) is 18.2 Å². The number of hydrogen-bond donors (Lipinski definition) is 1. The van der Waals surface area contributed by atoms with Gasteiger partial charge < -0.3 is 10.6 Å². The lowest BCUT2D eigenvalue weighted by atomic mass is 9.92. The number of anilines is 1. The molecule has 3 heterocycles. The first-order valence-electron chi connectivity index (χ1n) is 9.20. The van der Waals surface area contributed by atoms with Crippen LogP contribution in [0.3, 0.4) is 0 Å². The monoisotopic (exact) mass is 362 g/mol. The van der Waals surface area contributed by atoms with Crippen LogP contribution in [0.25, 0.3) is 22.0 Å². The van der Waals surface area contributed by atoms with Crippen molar-refractivity contribution in [2.45, 2.75) is 38.8 Å². The van der Waals surface area contributed by atoms with Crippen molar-refractivity contribution in [1.82, 2.24) is 14.9 Å². The first-order valence-corrected chi connectivity index (χ1v) is 9.20. The van der Waals surface area contributed by atoms with E-state index in [0.717, 1.165) is 19.3 Å². The van der Waals surface area contributed by atoms with E-state index in [-0.39, 0.29) is 11.9 Å². The highest BCUT2D eigenvalue weighted by Crippen LogP contribution is 2.39. The number of carbonyl (C=O) groups is 1. The van der Waals surface area contributed by atoms with E-state index < -0.39 is 5.95 Å². The van der Waals surface area contributed by atoms with E-state index in [1.54, 1.807) is 19.1 Å². The van der Waals surface area contributed by atoms with E-state index in [9.17, 15) is 9.18 Å². The minimum absolute atomic E-state index is 0.0322. The summed E-state index contributed by atoms with van der Waals surface area (Å²) in [5, 5.41) is 0.676. The second-order valence-electron chi connectivity index (χ2n) is 7.36. The number of hydrogen-bond acceptors (Lipinski definition) is 4. The Hall–Kier alpha value is -3.02. The van der Waals surface area contributed by atoms with Crippen LogP contribution in [0.15, 0.2) is 30.3 Å². The second kappa shape index (κ2) is 5.74. The molecule has 2 N–H and O–H groups in total. The third-order valence-electron chi connectivity index (χ3n) is 5.72. The third kappa shape index (κ3) is 2.32. The zero-order chi connectivity index (χ0) is 18.7. The van der Waals surface area contributed by atoms with Crippen molar-refractivity contribution < 1.29 is 9.18 Å². The fourth-order valence-corrected chi connectivity index (χ4v) is 4.03. The molecule has 1 aliphatic carbocycles. The first kappa shape index (κ1) is 16.2. The van der Waals surface area contributed by atoms with Gasteiger partial charge in [-0.3, -0.25) is 4.79 Å². The van der Waals surface area contributed by atoms with E-state index in [1.165, 1.54) is 0 Å². The Labute approximate surface area is 156 Å². The summed E-state index contributed by atoms with van der Waals surface area (Å²) in [5.41, 5.74) is 10.3. The number of aromatic nitrogens is 2. The Morgan fingerprint density at radius 3 is 2.67 bits per heavy atom. The molecule has 0 radical (unpaired) electrons. The van der Waals surface area contributed by atoms with Gasteiger partial charge in [-0.25, -0.2) is 9.97 Å². The number of rotatable bonds is 2. The maximum absolute atomic E-state index is 14.5. The van der Waals surface area contributed by atoms with Crippen LogP contribution in [0.4, 0.5) is 10.1 Å². The van der Waals surface area contributed by atoms with Gasteiger partial charge in [0.1, 0.15) is 0 Å². The van der Waals surface area contributed by atoms with Gasteiger partial charge in [-0.15, -0.1) is 0 Å². The van der Waals surface area contributed by atoms with Crippen LogP contribution < -0.4 is 5.73 Å². The Balaban J connectivity index is 1.71. The Morgan fingerprint density at radius 1 is 1.15 bits per heavy atom. The Morgan fingerprint density at radius 2 is 1.96 bits per heavy atom. The molecule has 5 rings (SSSR count). The van der Waals surface area contributed by atoms with E-state index >= 15 is 0 Å². The molecule has 1 saturated carbocycles. The van der Waals surface area contributed by atoms with E-state index in [1.807, 2.05) is 23.1 Å². The zero-order valence-electron chi connectivity index (χ0n) is 15.0. The lowest BCUT2D eigenvalue weighted by Crippen LogP contribution is -2.40. The summed E-state index contributed by atoms with van der Waals surface area (Å²) in [6, 6.07) is 9.23. The number of nitrogens with zero attached hydrogens (tertiary/aromatic N) is 3. The summed E-state index contributed by atoms with van der Waals surface area (Å²) in [4.78, 5) is 23.4. The Kier molecular flexibility index (Phi) is 3.44. The predicted molar refractivity (Wildman–Crippen MR) is 102 cm³/mol. The van der Waals surface area contributed by atoms with Crippen molar-refractivity contribution in [3.8, 4) is 11.1 Å². The average Bonchev–Trinajstić information content (AvgIpc) is 2.90. The number of nitrogens with two attached hydrogens (primary N) is 1. The number of aryl methyl sites for hydroxylation is 1. The number of nitrogen functional groups attached to an aromatic ring is 1. The smallest absolute Gasteiger partial charge is 0.258 e. The molecular weight excluding hydrogens is 343 g/mol. The average molecular weight is 362 g/mol. The van der Waals surface area contributed by atoms with Crippen LogP contribution in [-0.4, -0.2) is 26.8 Å². The van der Waals surface area contributed by atoms with Crippen LogP contribution in [0.1, 0.15) is 41.0 Å². The van der Waals surface area contributed by atoms with Crippen LogP contribution >= 0.6 is 0 Å².